The van der Waals surface area contributed by atoms with Crippen LogP contribution in [0.2, 0.25) is 0 Å². The number of hydrazone groups is 1. The summed E-state index contributed by atoms with van der Waals surface area (Å²) in [5.74, 6) is -0.545. The Kier molecular flexibility index (Phi) is 7.44. The predicted molar refractivity (Wildman–Crippen MR) is 137 cm³/mol. The molecule has 0 atom stereocenters. The molecule has 1 amide bonds. The lowest BCUT2D eigenvalue weighted by Gasteiger charge is -2.22. The largest absolute Gasteiger partial charge is 0.317 e. The van der Waals surface area contributed by atoms with Crippen LogP contribution in [0, 0.1) is 27.7 Å². The van der Waals surface area contributed by atoms with Gasteiger partial charge in [0.1, 0.15) is 6.54 Å². The number of sulfonamides is 1. The molecule has 1 N–H and O–H groups in total. The minimum atomic E-state index is -3.67. The monoisotopic (exact) mass is 530 g/mol. The summed E-state index contributed by atoms with van der Waals surface area (Å²) in [5.41, 5.74) is 9.20. The Balaban J connectivity index is 1.79. The van der Waals surface area contributed by atoms with Gasteiger partial charge >= 0.3 is 0 Å². The van der Waals surface area contributed by atoms with Crippen LogP contribution >= 0.6 is 15.9 Å². The lowest BCUT2D eigenvalue weighted by atomic mass is 10.1. The van der Waals surface area contributed by atoms with Crippen LogP contribution in [0.15, 0.2) is 58.1 Å². The Morgan fingerprint density at radius 1 is 1.09 bits per heavy atom. The number of carbonyl (C=O) groups excluding carboxylic acids is 1. The summed E-state index contributed by atoms with van der Waals surface area (Å²) in [6.45, 7) is 7.79. The van der Waals surface area contributed by atoms with Gasteiger partial charge in [0.15, 0.2) is 0 Å². The zero-order valence-corrected chi connectivity index (χ0v) is 21.7. The molecule has 2 aromatic carbocycles. The van der Waals surface area contributed by atoms with Crippen molar-refractivity contribution in [1.82, 2.24) is 9.99 Å². The van der Waals surface area contributed by atoms with E-state index in [4.69, 9.17) is 0 Å². The normalized spacial score (nSPS) is 11.7. The van der Waals surface area contributed by atoms with Crippen molar-refractivity contribution >= 4 is 43.8 Å². The molecule has 9 heteroatoms. The Morgan fingerprint density at radius 2 is 1.73 bits per heavy atom. The van der Waals surface area contributed by atoms with Gasteiger partial charge in [-0.2, -0.15) is 5.10 Å². The van der Waals surface area contributed by atoms with E-state index in [9.17, 15) is 13.2 Å². The van der Waals surface area contributed by atoms with Gasteiger partial charge in [-0.1, -0.05) is 30.3 Å². The summed E-state index contributed by atoms with van der Waals surface area (Å²) in [4.78, 5) is 12.5. The number of aromatic nitrogens is 1. The summed E-state index contributed by atoms with van der Waals surface area (Å²) in [6.07, 6.45) is 2.64. The van der Waals surface area contributed by atoms with E-state index in [0.717, 1.165) is 33.2 Å². The zero-order chi connectivity index (χ0) is 24.3. The van der Waals surface area contributed by atoms with Gasteiger partial charge in [0.2, 0.25) is 10.0 Å². The second kappa shape index (κ2) is 9.93. The molecule has 0 aliphatic rings. The van der Waals surface area contributed by atoms with E-state index in [-0.39, 0.29) is 6.54 Å². The van der Waals surface area contributed by atoms with Crippen LogP contribution < -0.4 is 9.73 Å². The molecular weight excluding hydrogens is 504 g/mol. The van der Waals surface area contributed by atoms with Crippen LogP contribution in [0.4, 0.5) is 5.69 Å². The summed E-state index contributed by atoms with van der Waals surface area (Å²) in [5, 5.41) is 4.08. The first-order valence-corrected chi connectivity index (χ1v) is 12.9. The van der Waals surface area contributed by atoms with Crippen molar-refractivity contribution in [2.24, 2.45) is 5.10 Å². The fraction of sp³-hybridized carbons (Fsp3) is 0.250. The predicted octanol–water partition coefficient (Wildman–Crippen LogP) is 4.39. The van der Waals surface area contributed by atoms with E-state index in [0.29, 0.717) is 10.2 Å². The van der Waals surface area contributed by atoms with E-state index in [1.54, 1.807) is 30.5 Å². The Hall–Kier alpha value is -2.91. The number of aryl methyl sites for hydroxylation is 3. The van der Waals surface area contributed by atoms with Crippen LogP contribution in [0.3, 0.4) is 0 Å². The number of para-hydroxylation sites is 2. The number of rotatable bonds is 7. The number of nitrogens with zero attached hydrogens (tertiary/aromatic N) is 3. The van der Waals surface area contributed by atoms with Gasteiger partial charge in [-0.05, 0) is 73.0 Å². The summed E-state index contributed by atoms with van der Waals surface area (Å²) in [7, 11) is -3.67. The van der Waals surface area contributed by atoms with Gasteiger partial charge in [0.25, 0.3) is 5.91 Å². The Morgan fingerprint density at radius 3 is 2.33 bits per heavy atom. The van der Waals surface area contributed by atoms with Crippen LogP contribution in [0.1, 0.15) is 28.1 Å². The topological polar surface area (TPSA) is 83.8 Å². The van der Waals surface area contributed by atoms with Crippen LogP contribution in [-0.4, -0.2) is 37.9 Å². The lowest BCUT2D eigenvalue weighted by molar-refractivity contribution is -0.119. The van der Waals surface area contributed by atoms with Crippen molar-refractivity contribution < 1.29 is 13.2 Å². The average molecular weight is 531 g/mol. The number of benzene rings is 2. The van der Waals surface area contributed by atoms with Gasteiger partial charge in [0.05, 0.1) is 23.8 Å². The molecule has 0 unspecified atom stereocenters. The van der Waals surface area contributed by atoms with E-state index >= 15 is 0 Å². The second-order valence-electron chi connectivity index (χ2n) is 7.92. The maximum absolute atomic E-state index is 12.5. The third-order valence-corrected chi connectivity index (χ3v) is 7.13. The molecule has 0 spiro atoms. The molecule has 0 saturated carbocycles. The highest BCUT2D eigenvalue weighted by Crippen LogP contribution is 2.27. The molecule has 0 aliphatic heterocycles. The van der Waals surface area contributed by atoms with Gasteiger partial charge in [0, 0.05) is 21.4 Å². The van der Waals surface area contributed by atoms with E-state index in [1.165, 1.54) is 11.1 Å². The molecule has 7 nitrogen and oxygen atoms in total. The number of nitrogens with one attached hydrogen (secondary N) is 1. The highest BCUT2D eigenvalue weighted by Gasteiger charge is 2.22. The molecule has 174 valence electrons. The van der Waals surface area contributed by atoms with Gasteiger partial charge in [-0.15, -0.1) is 0 Å². The van der Waals surface area contributed by atoms with Crippen molar-refractivity contribution in [2.45, 2.75) is 27.7 Å². The molecule has 1 heterocycles. The first-order valence-electron chi connectivity index (χ1n) is 10.3. The molecule has 0 radical (unpaired) electrons. The number of hydrogen-bond acceptors (Lipinski definition) is 4. The highest BCUT2D eigenvalue weighted by molar-refractivity contribution is 9.10. The minimum absolute atomic E-state index is 0.385. The number of halogens is 1. The molecule has 0 aliphatic carbocycles. The molecule has 3 rings (SSSR count). The van der Waals surface area contributed by atoms with Crippen molar-refractivity contribution in [2.75, 3.05) is 17.1 Å². The summed E-state index contributed by atoms with van der Waals surface area (Å²) >= 11 is 3.34. The molecule has 0 fully saturated rings. The fourth-order valence-corrected chi connectivity index (χ4v) is 5.28. The van der Waals surface area contributed by atoms with E-state index in [2.05, 4.69) is 57.0 Å². The second-order valence-corrected chi connectivity index (χ2v) is 10.7. The standard InChI is InChI=1S/C24H27BrN4O3S/c1-16-9-8-10-17(2)24(16)29-18(3)13-20(19(29)4)14-26-27-23(30)15-28(33(5,31)32)22-12-7-6-11-21(22)25/h6-14H,15H2,1-5H3,(H,27,30)/b26-14-. The van der Waals surface area contributed by atoms with Gasteiger partial charge in [-0.25, -0.2) is 13.8 Å². The Bertz CT molecular complexity index is 1310. The molecule has 0 saturated heterocycles. The van der Waals surface area contributed by atoms with Crippen LogP contribution in [0.25, 0.3) is 5.69 Å². The maximum Gasteiger partial charge on any atom is 0.260 e. The number of amides is 1. The Labute approximate surface area is 203 Å². The van der Waals surface area contributed by atoms with Gasteiger partial charge < -0.3 is 4.57 Å². The lowest BCUT2D eigenvalue weighted by Crippen LogP contribution is -2.39. The van der Waals surface area contributed by atoms with Crippen molar-refractivity contribution in [3.05, 3.63) is 81.1 Å². The maximum atomic E-state index is 12.5. The number of hydrogen-bond donors (Lipinski definition) is 1. The van der Waals surface area contributed by atoms with Gasteiger partial charge in [-0.3, -0.25) is 9.10 Å². The van der Waals surface area contributed by atoms with Crippen molar-refractivity contribution in [1.29, 1.82) is 0 Å². The molecule has 0 bridgehead atoms. The third-order valence-electron chi connectivity index (χ3n) is 5.33. The van der Waals surface area contributed by atoms with E-state index in [1.807, 2.05) is 26.0 Å². The van der Waals surface area contributed by atoms with Crippen LogP contribution in [0.5, 0.6) is 0 Å². The fourth-order valence-electron chi connectivity index (χ4n) is 3.80. The van der Waals surface area contributed by atoms with Crippen molar-refractivity contribution in [3.63, 3.8) is 0 Å². The first kappa shape index (κ1) is 24.7. The number of carbonyl (C=O) groups is 1. The summed E-state index contributed by atoms with van der Waals surface area (Å²) < 4.78 is 28.3. The quantitative estimate of drug-likeness (QED) is 0.363. The van der Waals surface area contributed by atoms with Crippen LogP contribution in [-0.2, 0) is 14.8 Å². The SMILES string of the molecule is Cc1cccc(C)c1-n1c(C)cc(/C=N\NC(=O)CN(c2ccccc2Br)S(C)(=O)=O)c1C. The molecule has 3 aromatic rings. The minimum Gasteiger partial charge on any atom is -0.317 e. The highest BCUT2D eigenvalue weighted by atomic mass is 79.9. The third kappa shape index (κ3) is 5.54. The molecule has 33 heavy (non-hydrogen) atoms. The van der Waals surface area contributed by atoms with Crippen molar-refractivity contribution in [3.8, 4) is 5.69 Å². The smallest absolute Gasteiger partial charge is 0.260 e. The molecule has 1 aromatic heterocycles. The first-order chi connectivity index (χ1) is 15.5. The number of anilines is 1. The average Bonchev–Trinajstić information content (AvgIpc) is 3.00. The molecular formula is C24H27BrN4O3S. The summed E-state index contributed by atoms with van der Waals surface area (Å²) in [6, 6.07) is 15.0. The van der Waals surface area contributed by atoms with E-state index < -0.39 is 15.9 Å². The zero-order valence-electron chi connectivity index (χ0n) is 19.3.